The summed E-state index contributed by atoms with van der Waals surface area (Å²) in [6, 6.07) is 32.7. The zero-order valence-corrected chi connectivity index (χ0v) is 21.1. The highest BCUT2D eigenvalue weighted by atomic mass is 32.1. The van der Waals surface area contributed by atoms with Crippen LogP contribution >= 0.6 is 11.3 Å². The fourth-order valence-electron chi connectivity index (χ4n) is 5.68. The van der Waals surface area contributed by atoms with Crippen molar-refractivity contribution >= 4 is 23.0 Å². The number of hydrogen-bond acceptors (Lipinski definition) is 2. The van der Waals surface area contributed by atoms with Gasteiger partial charge in [0, 0.05) is 12.4 Å². The molecule has 3 aromatic carbocycles. The van der Waals surface area contributed by atoms with Gasteiger partial charge in [-0.2, -0.15) is 11.3 Å². The van der Waals surface area contributed by atoms with Crippen molar-refractivity contribution in [2.24, 2.45) is 0 Å². The first kappa shape index (κ1) is 22.7. The van der Waals surface area contributed by atoms with E-state index in [1.807, 2.05) is 18.2 Å². The van der Waals surface area contributed by atoms with Crippen molar-refractivity contribution in [1.29, 1.82) is 0 Å². The Morgan fingerprint density at radius 2 is 1.58 bits per heavy atom. The van der Waals surface area contributed by atoms with Crippen LogP contribution in [0.5, 0.6) is 0 Å². The van der Waals surface area contributed by atoms with E-state index in [2.05, 4.69) is 94.6 Å². The summed E-state index contributed by atoms with van der Waals surface area (Å²) in [4.78, 5) is 3.78. The standard InChI is InChI=1S/C29H24S.C5H5N/c1-2-6-20(7-3-1)18-22-11-12-26(23-16-17-30-19-23)29-25(22)14-15-27-24-9-5-4-8-21(24)10-13-28(27)29;1-2-4-6-5-3-1/h1-9,13-17,19,22H,10-12,18H2;1-5H. The predicted molar refractivity (Wildman–Crippen MR) is 152 cm³/mol. The van der Waals surface area contributed by atoms with Crippen LogP contribution in [0, 0.1) is 0 Å². The van der Waals surface area contributed by atoms with E-state index in [0.29, 0.717) is 5.92 Å². The Morgan fingerprint density at radius 1 is 0.778 bits per heavy atom. The van der Waals surface area contributed by atoms with Crippen LogP contribution in [-0.4, -0.2) is 4.98 Å². The molecule has 176 valence electrons. The van der Waals surface area contributed by atoms with Gasteiger partial charge in [-0.3, -0.25) is 4.98 Å². The lowest BCUT2D eigenvalue weighted by Gasteiger charge is -2.27. The lowest BCUT2D eigenvalue weighted by atomic mass is 9.77. The Labute approximate surface area is 217 Å². The Bertz CT molecular complexity index is 1540. The Morgan fingerprint density at radius 3 is 2.33 bits per heavy atom. The lowest BCUT2D eigenvalue weighted by molar-refractivity contribution is 0.615. The highest BCUT2D eigenvalue weighted by Crippen LogP contribution is 2.34. The highest BCUT2D eigenvalue weighted by molar-refractivity contribution is 7.08. The first-order valence-corrected chi connectivity index (χ1v) is 13.7. The third kappa shape index (κ3) is 4.57. The Kier molecular flexibility index (Phi) is 6.60. The van der Waals surface area contributed by atoms with Gasteiger partial charge >= 0.3 is 0 Å². The molecule has 2 aliphatic rings. The molecule has 0 bridgehead atoms. The zero-order chi connectivity index (χ0) is 24.2. The van der Waals surface area contributed by atoms with Gasteiger partial charge in [-0.25, -0.2) is 0 Å². The highest BCUT2D eigenvalue weighted by Gasteiger charge is 2.24. The molecule has 5 aromatic rings. The van der Waals surface area contributed by atoms with Crippen LogP contribution in [0.25, 0.3) is 22.8 Å². The van der Waals surface area contributed by atoms with Gasteiger partial charge in [-0.1, -0.05) is 78.9 Å². The molecule has 0 radical (unpaired) electrons. The first-order chi connectivity index (χ1) is 17.9. The molecular weight excluding hydrogens is 454 g/mol. The van der Waals surface area contributed by atoms with Gasteiger partial charge in [0.05, 0.1) is 0 Å². The van der Waals surface area contributed by atoms with Gasteiger partial charge in [0.25, 0.3) is 0 Å². The number of nitrogens with zero attached hydrogens (tertiary/aromatic N) is 1. The maximum atomic E-state index is 3.78. The molecule has 1 unspecified atom stereocenters. The van der Waals surface area contributed by atoms with Gasteiger partial charge in [0.2, 0.25) is 0 Å². The normalized spacial score (nSPS) is 15.4. The van der Waals surface area contributed by atoms with Crippen LogP contribution in [0.1, 0.15) is 41.0 Å². The number of thiophene rings is 1. The second-order valence-corrected chi connectivity index (χ2v) is 10.3. The fraction of sp³-hybridized carbons (Fsp3) is 0.147. The van der Waals surface area contributed by atoms with Crippen LogP contribution < -0.4 is 10.4 Å². The van der Waals surface area contributed by atoms with Crippen LogP contribution in [-0.2, 0) is 12.8 Å². The summed E-state index contributed by atoms with van der Waals surface area (Å²) in [7, 11) is 0. The van der Waals surface area contributed by atoms with E-state index < -0.39 is 0 Å². The molecule has 2 aromatic heterocycles. The molecule has 2 heterocycles. The monoisotopic (exact) mass is 483 g/mol. The van der Waals surface area contributed by atoms with Crippen molar-refractivity contribution in [3.8, 4) is 11.1 Å². The second-order valence-electron chi connectivity index (χ2n) is 9.50. The minimum atomic E-state index is 0.584. The minimum Gasteiger partial charge on any atom is -0.265 e. The van der Waals surface area contributed by atoms with Gasteiger partial charge in [0.1, 0.15) is 0 Å². The number of aromatic nitrogens is 1. The predicted octanol–water partition coefficient (Wildman–Crippen LogP) is 7.15. The molecule has 0 fully saturated rings. The van der Waals surface area contributed by atoms with Crippen LogP contribution in [0.2, 0.25) is 0 Å². The molecule has 2 aliphatic carbocycles. The molecular formula is C34H29NS. The zero-order valence-electron chi connectivity index (χ0n) is 20.3. The average Bonchev–Trinajstić information content (AvgIpc) is 3.50. The molecule has 1 nitrogen and oxygen atoms in total. The van der Waals surface area contributed by atoms with Crippen LogP contribution in [0.4, 0.5) is 0 Å². The van der Waals surface area contributed by atoms with Crippen molar-refractivity contribution < 1.29 is 0 Å². The fourth-order valence-corrected chi connectivity index (χ4v) is 6.35. The molecule has 0 saturated heterocycles. The maximum absolute atomic E-state index is 3.78. The van der Waals surface area contributed by atoms with E-state index >= 15 is 0 Å². The van der Waals surface area contributed by atoms with Crippen LogP contribution in [0.15, 0.2) is 114 Å². The van der Waals surface area contributed by atoms with Crippen molar-refractivity contribution in [1.82, 2.24) is 4.98 Å². The Hall–Kier alpha value is -3.75. The molecule has 0 spiro atoms. The SMILES string of the molecule is C1=c2c(ccc3c2=C(c2ccsc2)CCC3Cc2ccccc2)-c2ccccc2C1.c1ccncc1. The van der Waals surface area contributed by atoms with Crippen molar-refractivity contribution in [2.45, 2.75) is 31.6 Å². The van der Waals surface area contributed by atoms with Crippen molar-refractivity contribution in [3.05, 3.63) is 147 Å². The van der Waals surface area contributed by atoms with E-state index in [-0.39, 0.29) is 0 Å². The summed E-state index contributed by atoms with van der Waals surface area (Å²) in [5.74, 6) is 0.584. The van der Waals surface area contributed by atoms with E-state index in [1.54, 1.807) is 34.9 Å². The van der Waals surface area contributed by atoms with Crippen molar-refractivity contribution in [2.75, 3.05) is 0 Å². The molecule has 0 saturated carbocycles. The maximum Gasteiger partial charge on any atom is 0.0267 e. The molecule has 0 N–H and O–H groups in total. The smallest absolute Gasteiger partial charge is 0.0267 e. The van der Waals surface area contributed by atoms with Gasteiger partial charge < -0.3 is 0 Å². The van der Waals surface area contributed by atoms with Gasteiger partial charge in [-0.15, -0.1) is 0 Å². The second kappa shape index (κ2) is 10.5. The first-order valence-electron chi connectivity index (χ1n) is 12.7. The average molecular weight is 484 g/mol. The quantitative estimate of drug-likeness (QED) is 0.265. The van der Waals surface area contributed by atoms with E-state index in [1.165, 1.54) is 44.7 Å². The third-order valence-corrected chi connectivity index (χ3v) is 8.04. The van der Waals surface area contributed by atoms with E-state index in [4.69, 9.17) is 0 Å². The van der Waals surface area contributed by atoms with Gasteiger partial charge in [0.15, 0.2) is 0 Å². The van der Waals surface area contributed by atoms with Crippen LogP contribution in [0.3, 0.4) is 0 Å². The molecule has 1 atom stereocenters. The number of pyridine rings is 1. The summed E-state index contributed by atoms with van der Waals surface area (Å²) in [5.41, 5.74) is 10.2. The van der Waals surface area contributed by atoms with E-state index in [0.717, 1.165) is 19.3 Å². The Balaban J connectivity index is 0.000000353. The largest absolute Gasteiger partial charge is 0.265 e. The molecule has 0 amide bonds. The van der Waals surface area contributed by atoms with Crippen molar-refractivity contribution in [3.63, 3.8) is 0 Å². The summed E-state index contributed by atoms with van der Waals surface area (Å²) < 4.78 is 0. The molecule has 36 heavy (non-hydrogen) atoms. The molecule has 7 rings (SSSR count). The molecule has 0 aliphatic heterocycles. The summed E-state index contributed by atoms with van der Waals surface area (Å²) in [6.45, 7) is 0. The summed E-state index contributed by atoms with van der Waals surface area (Å²) in [5, 5.41) is 7.52. The number of fused-ring (bicyclic) bond motifs is 5. The van der Waals surface area contributed by atoms with Gasteiger partial charge in [-0.05, 0) is 110 Å². The number of benzene rings is 3. The summed E-state index contributed by atoms with van der Waals surface area (Å²) in [6.07, 6.45) is 10.5. The topological polar surface area (TPSA) is 12.9 Å². The number of hydrogen-bond donors (Lipinski definition) is 0. The number of rotatable bonds is 3. The molecule has 2 heteroatoms. The third-order valence-electron chi connectivity index (χ3n) is 7.36. The minimum absolute atomic E-state index is 0.584. The van der Waals surface area contributed by atoms with E-state index in [9.17, 15) is 0 Å². The summed E-state index contributed by atoms with van der Waals surface area (Å²) >= 11 is 1.81. The lowest BCUT2D eigenvalue weighted by Crippen LogP contribution is -2.38.